The molecule has 0 aliphatic carbocycles. The summed E-state index contributed by atoms with van der Waals surface area (Å²) in [5.41, 5.74) is 0.502. The number of hydrogen-bond acceptors (Lipinski definition) is 6. The number of carbonyl (C=O) groups is 2. The number of anilines is 1. The van der Waals surface area contributed by atoms with Crippen molar-refractivity contribution in [3.63, 3.8) is 0 Å². The molecule has 2 heterocycles. The van der Waals surface area contributed by atoms with Gasteiger partial charge in [0.25, 0.3) is 0 Å². The maximum absolute atomic E-state index is 11.9. The van der Waals surface area contributed by atoms with Crippen LogP contribution in [0.3, 0.4) is 0 Å². The maximum Gasteiger partial charge on any atom is 0.409 e. The molecule has 1 fully saturated rings. The third kappa shape index (κ3) is 4.16. The molecule has 0 saturated carbocycles. The van der Waals surface area contributed by atoms with Gasteiger partial charge in [-0.2, -0.15) is 0 Å². The molecule has 0 radical (unpaired) electrons. The minimum Gasteiger partial charge on any atom is -0.449 e. The molecule has 7 nitrogen and oxygen atoms in total. The van der Waals surface area contributed by atoms with Gasteiger partial charge in [-0.3, -0.25) is 4.79 Å². The fourth-order valence-corrected chi connectivity index (χ4v) is 2.15. The van der Waals surface area contributed by atoms with E-state index in [4.69, 9.17) is 4.74 Å². The van der Waals surface area contributed by atoms with Crippen molar-refractivity contribution in [2.75, 3.05) is 37.7 Å². The monoisotopic (exact) mass is 306 g/mol. The zero-order valence-corrected chi connectivity index (χ0v) is 13.1. The van der Waals surface area contributed by atoms with Crippen molar-refractivity contribution in [2.24, 2.45) is 0 Å². The van der Waals surface area contributed by atoms with Crippen LogP contribution in [0.1, 0.15) is 37.0 Å². The van der Waals surface area contributed by atoms with E-state index in [2.05, 4.69) is 16.9 Å². The zero-order valence-electron chi connectivity index (χ0n) is 13.1. The van der Waals surface area contributed by atoms with Crippen molar-refractivity contribution in [1.29, 1.82) is 0 Å². The molecule has 120 valence electrons. The number of hydrogen-bond donors (Lipinski definition) is 0. The van der Waals surface area contributed by atoms with E-state index >= 15 is 0 Å². The SMILES string of the molecule is CCCCOC(=O)N1CCN(c2ncc(C(C)=O)cn2)CC1. The van der Waals surface area contributed by atoms with E-state index in [1.165, 1.54) is 19.3 Å². The second kappa shape index (κ2) is 7.72. The predicted octanol–water partition coefficient (Wildman–Crippen LogP) is 1.74. The van der Waals surface area contributed by atoms with Gasteiger partial charge in [0.05, 0.1) is 12.2 Å². The Hall–Kier alpha value is -2.18. The highest BCUT2D eigenvalue weighted by Crippen LogP contribution is 2.12. The van der Waals surface area contributed by atoms with Gasteiger partial charge < -0.3 is 14.5 Å². The van der Waals surface area contributed by atoms with Gasteiger partial charge in [-0.1, -0.05) is 13.3 Å². The Morgan fingerprint density at radius 2 is 1.82 bits per heavy atom. The summed E-state index contributed by atoms with van der Waals surface area (Å²) in [5, 5.41) is 0. The topological polar surface area (TPSA) is 75.6 Å². The summed E-state index contributed by atoms with van der Waals surface area (Å²) in [4.78, 5) is 35.2. The Bertz CT molecular complexity index is 510. The number of Topliss-reactive ketones (excluding diaryl/α,β-unsaturated/α-hetero) is 1. The van der Waals surface area contributed by atoms with Gasteiger partial charge >= 0.3 is 6.09 Å². The number of aromatic nitrogens is 2. The van der Waals surface area contributed by atoms with E-state index in [1.807, 2.05) is 4.90 Å². The molecule has 1 amide bonds. The summed E-state index contributed by atoms with van der Waals surface area (Å²) in [6.45, 7) is 6.51. The largest absolute Gasteiger partial charge is 0.449 e. The van der Waals surface area contributed by atoms with Crippen LogP contribution >= 0.6 is 0 Å². The molecule has 0 bridgehead atoms. The average Bonchev–Trinajstić information content (AvgIpc) is 2.55. The van der Waals surface area contributed by atoms with E-state index in [1.54, 1.807) is 4.90 Å². The summed E-state index contributed by atoms with van der Waals surface area (Å²) in [7, 11) is 0. The van der Waals surface area contributed by atoms with Crippen LogP contribution in [0.25, 0.3) is 0 Å². The first kappa shape index (κ1) is 16.2. The zero-order chi connectivity index (χ0) is 15.9. The van der Waals surface area contributed by atoms with Crippen LogP contribution in [0.5, 0.6) is 0 Å². The first-order chi connectivity index (χ1) is 10.6. The maximum atomic E-state index is 11.9. The Kier molecular flexibility index (Phi) is 5.68. The van der Waals surface area contributed by atoms with E-state index in [-0.39, 0.29) is 11.9 Å². The van der Waals surface area contributed by atoms with Crippen molar-refractivity contribution in [3.8, 4) is 0 Å². The van der Waals surface area contributed by atoms with Gasteiger partial charge in [-0.15, -0.1) is 0 Å². The standard InChI is InChI=1S/C15H22N4O3/c1-3-4-9-22-15(21)19-7-5-18(6-8-19)14-16-10-13(11-17-14)12(2)20/h10-11H,3-9H2,1-2H3. The Morgan fingerprint density at radius 3 is 2.36 bits per heavy atom. The number of amides is 1. The molecule has 0 spiro atoms. The number of unbranched alkanes of at least 4 members (excludes halogenated alkanes) is 1. The number of piperazine rings is 1. The van der Waals surface area contributed by atoms with Crippen molar-refractivity contribution in [3.05, 3.63) is 18.0 Å². The van der Waals surface area contributed by atoms with Gasteiger partial charge in [-0.05, 0) is 13.3 Å². The number of ether oxygens (including phenoxy) is 1. The first-order valence-electron chi connectivity index (χ1n) is 7.61. The summed E-state index contributed by atoms with van der Waals surface area (Å²) in [6.07, 6.45) is 4.73. The lowest BCUT2D eigenvalue weighted by Crippen LogP contribution is -2.49. The number of carbonyl (C=O) groups excluding carboxylic acids is 2. The molecule has 0 unspecified atom stereocenters. The fourth-order valence-electron chi connectivity index (χ4n) is 2.15. The van der Waals surface area contributed by atoms with Gasteiger partial charge in [0, 0.05) is 38.6 Å². The minimum atomic E-state index is -0.249. The van der Waals surface area contributed by atoms with Crippen molar-refractivity contribution in [1.82, 2.24) is 14.9 Å². The van der Waals surface area contributed by atoms with Crippen LogP contribution < -0.4 is 4.90 Å². The average molecular weight is 306 g/mol. The molecule has 0 N–H and O–H groups in total. The molecule has 1 aromatic rings. The minimum absolute atomic E-state index is 0.0498. The normalized spacial score (nSPS) is 14.8. The molecule has 1 saturated heterocycles. The highest BCUT2D eigenvalue weighted by Gasteiger charge is 2.23. The highest BCUT2D eigenvalue weighted by molar-refractivity contribution is 5.93. The summed E-state index contributed by atoms with van der Waals surface area (Å²) >= 11 is 0. The van der Waals surface area contributed by atoms with Crippen molar-refractivity contribution < 1.29 is 14.3 Å². The van der Waals surface area contributed by atoms with E-state index in [9.17, 15) is 9.59 Å². The van der Waals surface area contributed by atoms with Crippen molar-refractivity contribution >= 4 is 17.8 Å². The summed E-state index contributed by atoms with van der Waals surface area (Å²) < 4.78 is 5.20. The Labute approximate surface area is 130 Å². The van der Waals surface area contributed by atoms with Crippen LogP contribution in [-0.4, -0.2) is 59.5 Å². The van der Waals surface area contributed by atoms with Crippen LogP contribution in [0.15, 0.2) is 12.4 Å². The van der Waals surface area contributed by atoms with Gasteiger partial charge in [0.2, 0.25) is 5.95 Å². The van der Waals surface area contributed by atoms with Crippen LogP contribution in [-0.2, 0) is 4.74 Å². The molecule has 22 heavy (non-hydrogen) atoms. The molecular formula is C15H22N4O3. The Morgan fingerprint density at radius 1 is 1.18 bits per heavy atom. The van der Waals surface area contributed by atoms with Gasteiger partial charge in [0.1, 0.15) is 0 Å². The van der Waals surface area contributed by atoms with Crippen molar-refractivity contribution in [2.45, 2.75) is 26.7 Å². The second-order valence-electron chi connectivity index (χ2n) is 5.27. The van der Waals surface area contributed by atoms with E-state index in [0.717, 1.165) is 12.8 Å². The van der Waals surface area contributed by atoms with Gasteiger partial charge in [0.15, 0.2) is 5.78 Å². The predicted molar refractivity (Wildman–Crippen MR) is 82.1 cm³/mol. The Balaban J connectivity index is 1.83. The lowest BCUT2D eigenvalue weighted by Gasteiger charge is -2.34. The number of ketones is 1. The molecule has 1 aliphatic heterocycles. The molecule has 1 aromatic heterocycles. The third-order valence-electron chi connectivity index (χ3n) is 3.59. The van der Waals surface area contributed by atoms with Crippen LogP contribution in [0.4, 0.5) is 10.7 Å². The summed E-state index contributed by atoms with van der Waals surface area (Å²) in [6, 6.07) is 0. The van der Waals surface area contributed by atoms with E-state index in [0.29, 0.717) is 44.3 Å². The third-order valence-corrected chi connectivity index (χ3v) is 3.59. The lowest BCUT2D eigenvalue weighted by atomic mass is 10.2. The summed E-state index contributed by atoms with van der Waals surface area (Å²) in [5.74, 6) is 0.537. The van der Waals surface area contributed by atoms with E-state index < -0.39 is 0 Å². The molecule has 7 heteroatoms. The van der Waals surface area contributed by atoms with Crippen LogP contribution in [0, 0.1) is 0 Å². The first-order valence-corrected chi connectivity index (χ1v) is 7.61. The molecule has 1 aliphatic rings. The molecule has 0 aromatic carbocycles. The number of rotatable bonds is 5. The highest BCUT2D eigenvalue weighted by atomic mass is 16.6. The quantitative estimate of drug-likeness (QED) is 0.609. The lowest BCUT2D eigenvalue weighted by molar-refractivity contribution is 0.0984. The smallest absolute Gasteiger partial charge is 0.409 e. The molecule has 0 atom stereocenters. The van der Waals surface area contributed by atoms with Gasteiger partial charge in [-0.25, -0.2) is 14.8 Å². The fraction of sp³-hybridized carbons (Fsp3) is 0.600. The number of nitrogens with zero attached hydrogens (tertiary/aromatic N) is 4. The molecule has 2 rings (SSSR count). The second-order valence-corrected chi connectivity index (χ2v) is 5.27. The molecular weight excluding hydrogens is 284 g/mol. The van der Waals surface area contributed by atoms with Crippen LogP contribution in [0.2, 0.25) is 0 Å².